The zero-order valence-corrected chi connectivity index (χ0v) is 11.0. The number of nitro groups is 1. The summed E-state index contributed by atoms with van der Waals surface area (Å²) in [4.78, 5) is 10.5. The first-order valence-electron chi connectivity index (χ1n) is 6.64. The third kappa shape index (κ3) is 3.27. The number of benzene rings is 1. The molecule has 2 aromatic rings. The van der Waals surface area contributed by atoms with Crippen LogP contribution in [0.3, 0.4) is 0 Å². The molecule has 1 atom stereocenters. The Kier molecular flexibility index (Phi) is 4.43. The molecule has 0 bridgehead atoms. The summed E-state index contributed by atoms with van der Waals surface area (Å²) in [6.07, 6.45) is 3.93. The molecule has 0 aliphatic rings. The Bertz CT molecular complexity index is 552. The number of unbranched alkanes of at least 4 members (excludes halogenated alkanes) is 2. The number of fused-ring (bicyclic) bond motifs is 1. The third-order valence-electron chi connectivity index (χ3n) is 3.22. The Labute approximate surface area is 111 Å². The average Bonchev–Trinajstić information content (AvgIpc) is 2.81. The van der Waals surface area contributed by atoms with Crippen LogP contribution >= 0.6 is 0 Å². The van der Waals surface area contributed by atoms with Crippen molar-refractivity contribution in [2.75, 3.05) is 6.54 Å². The molecule has 0 aliphatic heterocycles. The smallest absolute Gasteiger partial charge is 0.226 e. The van der Waals surface area contributed by atoms with Gasteiger partial charge in [-0.15, -0.1) is 5.10 Å². The van der Waals surface area contributed by atoms with Gasteiger partial charge in [-0.1, -0.05) is 43.5 Å². The van der Waals surface area contributed by atoms with Gasteiger partial charge in [-0.2, -0.15) is 0 Å². The number of nitrogens with zero attached hydrogens (tertiary/aromatic N) is 4. The van der Waals surface area contributed by atoms with Crippen LogP contribution in [-0.2, 0) is 0 Å². The van der Waals surface area contributed by atoms with Crippen molar-refractivity contribution in [3.63, 3.8) is 0 Å². The van der Waals surface area contributed by atoms with E-state index in [1.165, 1.54) is 0 Å². The van der Waals surface area contributed by atoms with Gasteiger partial charge in [0.25, 0.3) is 0 Å². The van der Waals surface area contributed by atoms with Gasteiger partial charge < -0.3 is 0 Å². The Hall–Kier alpha value is -1.98. The number of rotatable bonds is 7. The highest BCUT2D eigenvalue weighted by molar-refractivity contribution is 5.73. The molecule has 0 N–H and O–H groups in total. The molecule has 2 rings (SSSR count). The van der Waals surface area contributed by atoms with Gasteiger partial charge in [-0.3, -0.25) is 10.1 Å². The van der Waals surface area contributed by atoms with Crippen molar-refractivity contribution < 1.29 is 4.92 Å². The van der Waals surface area contributed by atoms with Crippen LogP contribution in [0, 0.1) is 10.1 Å². The normalized spacial score (nSPS) is 12.7. The molecule has 6 heteroatoms. The lowest BCUT2D eigenvalue weighted by molar-refractivity contribution is -0.486. The zero-order valence-electron chi connectivity index (χ0n) is 11.0. The van der Waals surface area contributed by atoms with E-state index < -0.39 is 0 Å². The highest BCUT2D eigenvalue weighted by atomic mass is 16.6. The predicted molar refractivity (Wildman–Crippen MR) is 72.6 cm³/mol. The van der Waals surface area contributed by atoms with E-state index in [1.54, 1.807) is 4.68 Å². The van der Waals surface area contributed by atoms with Crippen LogP contribution in [0.25, 0.3) is 11.0 Å². The van der Waals surface area contributed by atoms with Crippen LogP contribution in [0.4, 0.5) is 0 Å². The first-order chi connectivity index (χ1) is 9.22. The maximum atomic E-state index is 10.8. The SMILES string of the molecule is CCCCC[C@H](C[N+](=O)[O-])n1nnc2ccccc21. The first kappa shape index (κ1) is 13.5. The molecule has 1 heterocycles. The van der Waals surface area contributed by atoms with Gasteiger partial charge in [0.15, 0.2) is 0 Å². The summed E-state index contributed by atoms with van der Waals surface area (Å²) in [7, 11) is 0. The molecule has 0 fully saturated rings. The summed E-state index contributed by atoms with van der Waals surface area (Å²) < 4.78 is 1.70. The van der Waals surface area contributed by atoms with Crippen LogP contribution in [0.2, 0.25) is 0 Å². The summed E-state index contributed by atoms with van der Waals surface area (Å²) in [6.45, 7) is 2.02. The van der Waals surface area contributed by atoms with Gasteiger partial charge in [0.1, 0.15) is 11.6 Å². The summed E-state index contributed by atoms with van der Waals surface area (Å²) in [6, 6.07) is 7.35. The average molecular weight is 262 g/mol. The second-order valence-electron chi connectivity index (χ2n) is 4.69. The maximum Gasteiger partial charge on any atom is 0.226 e. The van der Waals surface area contributed by atoms with E-state index in [4.69, 9.17) is 0 Å². The summed E-state index contributed by atoms with van der Waals surface area (Å²) >= 11 is 0. The number of hydrogen-bond donors (Lipinski definition) is 0. The minimum Gasteiger partial charge on any atom is -0.264 e. The van der Waals surface area contributed by atoms with Crippen molar-refractivity contribution in [1.82, 2.24) is 15.0 Å². The van der Waals surface area contributed by atoms with Crippen LogP contribution < -0.4 is 0 Å². The molecular weight excluding hydrogens is 244 g/mol. The van der Waals surface area contributed by atoms with E-state index in [-0.39, 0.29) is 17.5 Å². The molecule has 0 saturated heterocycles. The molecule has 0 saturated carbocycles. The molecule has 0 unspecified atom stereocenters. The fourth-order valence-electron chi connectivity index (χ4n) is 2.25. The third-order valence-corrected chi connectivity index (χ3v) is 3.22. The van der Waals surface area contributed by atoms with Crippen molar-refractivity contribution >= 4 is 11.0 Å². The molecule has 0 aliphatic carbocycles. The van der Waals surface area contributed by atoms with E-state index in [1.807, 2.05) is 24.3 Å². The fraction of sp³-hybridized carbons (Fsp3) is 0.538. The Morgan fingerprint density at radius 2 is 2.16 bits per heavy atom. The van der Waals surface area contributed by atoms with E-state index in [2.05, 4.69) is 17.2 Å². The van der Waals surface area contributed by atoms with Crippen molar-refractivity contribution in [1.29, 1.82) is 0 Å². The van der Waals surface area contributed by atoms with Crippen molar-refractivity contribution in [3.8, 4) is 0 Å². The van der Waals surface area contributed by atoms with E-state index in [0.29, 0.717) is 0 Å². The maximum absolute atomic E-state index is 10.8. The van der Waals surface area contributed by atoms with Crippen LogP contribution in [-0.4, -0.2) is 26.5 Å². The molecule has 19 heavy (non-hydrogen) atoms. The Morgan fingerprint density at radius 1 is 1.37 bits per heavy atom. The van der Waals surface area contributed by atoms with Gasteiger partial charge >= 0.3 is 0 Å². The predicted octanol–water partition coefficient (Wildman–Crippen LogP) is 2.83. The second-order valence-corrected chi connectivity index (χ2v) is 4.69. The van der Waals surface area contributed by atoms with Crippen molar-refractivity contribution in [2.45, 2.75) is 38.6 Å². The van der Waals surface area contributed by atoms with Crippen LogP contribution in [0.1, 0.15) is 38.6 Å². The Morgan fingerprint density at radius 3 is 2.89 bits per heavy atom. The standard InChI is InChI=1S/C13H18N4O2/c1-2-3-4-7-11(10-16(18)19)17-13-9-6-5-8-12(13)14-15-17/h5-6,8-9,11H,2-4,7,10H2,1H3/t11-/m1/s1. The lowest BCUT2D eigenvalue weighted by Crippen LogP contribution is -2.20. The van der Waals surface area contributed by atoms with Gasteiger partial charge in [-0.05, 0) is 18.6 Å². The lowest BCUT2D eigenvalue weighted by atomic mass is 10.1. The molecule has 0 radical (unpaired) electrons. The lowest BCUT2D eigenvalue weighted by Gasteiger charge is -2.13. The van der Waals surface area contributed by atoms with E-state index in [9.17, 15) is 10.1 Å². The monoisotopic (exact) mass is 262 g/mol. The molecule has 1 aromatic heterocycles. The largest absolute Gasteiger partial charge is 0.264 e. The highest BCUT2D eigenvalue weighted by Gasteiger charge is 2.20. The van der Waals surface area contributed by atoms with Crippen molar-refractivity contribution in [3.05, 3.63) is 34.4 Å². The van der Waals surface area contributed by atoms with Crippen LogP contribution in [0.5, 0.6) is 0 Å². The number of para-hydroxylation sites is 1. The molecule has 0 spiro atoms. The van der Waals surface area contributed by atoms with Gasteiger partial charge in [0.05, 0.1) is 5.52 Å². The number of hydrogen-bond acceptors (Lipinski definition) is 4. The van der Waals surface area contributed by atoms with Gasteiger partial charge in [0.2, 0.25) is 6.54 Å². The molecular formula is C13H18N4O2. The molecule has 102 valence electrons. The molecule has 6 nitrogen and oxygen atoms in total. The molecule has 0 amide bonds. The minimum absolute atomic E-state index is 0.100. The van der Waals surface area contributed by atoms with Gasteiger partial charge in [-0.25, -0.2) is 4.68 Å². The molecule has 1 aromatic carbocycles. The summed E-state index contributed by atoms with van der Waals surface area (Å²) in [5.74, 6) is 0. The van der Waals surface area contributed by atoms with Gasteiger partial charge in [0, 0.05) is 4.92 Å². The topological polar surface area (TPSA) is 73.8 Å². The summed E-state index contributed by atoms with van der Waals surface area (Å²) in [5.41, 5.74) is 1.65. The van der Waals surface area contributed by atoms with Crippen molar-refractivity contribution in [2.24, 2.45) is 0 Å². The van der Waals surface area contributed by atoms with E-state index >= 15 is 0 Å². The quantitative estimate of drug-likeness (QED) is 0.437. The van der Waals surface area contributed by atoms with E-state index in [0.717, 1.165) is 36.7 Å². The minimum atomic E-state index is -0.271. The second kappa shape index (κ2) is 6.26. The van der Waals surface area contributed by atoms with Crippen LogP contribution in [0.15, 0.2) is 24.3 Å². The number of aromatic nitrogens is 3. The zero-order chi connectivity index (χ0) is 13.7. The Balaban J connectivity index is 2.23. The highest BCUT2D eigenvalue weighted by Crippen LogP contribution is 2.20. The fourth-order valence-corrected chi connectivity index (χ4v) is 2.25. The summed E-state index contributed by atoms with van der Waals surface area (Å²) in [5, 5.41) is 19.0. The first-order valence-corrected chi connectivity index (χ1v) is 6.64.